The van der Waals surface area contributed by atoms with E-state index in [-0.39, 0.29) is 5.69 Å². The summed E-state index contributed by atoms with van der Waals surface area (Å²) in [5.74, 6) is -2.24. The first kappa shape index (κ1) is 26.4. The molecule has 0 unspecified atom stereocenters. The fraction of sp³-hybridized carbons (Fsp3) is 0.179. The standard InChI is InChI=1S/C28H26BrClN4O3/c1-3-4-5-18-7-11-21(12-8-18)31-27(36)28(37)33-34-24-13-9-20(29)14-19(24)15-25(34)26(35)32-22-10-6-17(2)23(30)16-22/h6-16H,3-5H2,1-2H3,(H,31,36)(H,32,35)(H,33,37). The van der Waals surface area contributed by atoms with E-state index in [4.69, 9.17) is 11.6 Å². The van der Waals surface area contributed by atoms with Gasteiger partial charge < -0.3 is 10.6 Å². The Hall–Kier alpha value is -3.62. The van der Waals surface area contributed by atoms with E-state index in [0.717, 1.165) is 29.3 Å². The third-order valence-electron chi connectivity index (χ3n) is 5.88. The Balaban J connectivity index is 1.55. The molecule has 0 bridgehead atoms. The molecule has 0 saturated heterocycles. The number of fused-ring (bicyclic) bond motifs is 1. The Kier molecular flexibility index (Phi) is 8.31. The number of unbranched alkanes of at least 4 members (excludes halogenated alkanes) is 1. The first-order valence-corrected chi connectivity index (χ1v) is 13.0. The van der Waals surface area contributed by atoms with Crippen molar-refractivity contribution in [1.82, 2.24) is 4.68 Å². The number of benzene rings is 3. The van der Waals surface area contributed by atoms with Gasteiger partial charge in [-0.25, -0.2) is 4.68 Å². The average molecular weight is 582 g/mol. The van der Waals surface area contributed by atoms with Crippen LogP contribution in [0.15, 0.2) is 71.2 Å². The Morgan fingerprint density at radius 2 is 1.62 bits per heavy atom. The summed E-state index contributed by atoms with van der Waals surface area (Å²) in [6, 6.07) is 19.6. The lowest BCUT2D eigenvalue weighted by molar-refractivity contribution is -0.133. The predicted molar refractivity (Wildman–Crippen MR) is 152 cm³/mol. The molecule has 9 heteroatoms. The molecule has 0 saturated carbocycles. The highest BCUT2D eigenvalue weighted by Gasteiger charge is 2.21. The molecular weight excluding hydrogens is 556 g/mol. The number of amides is 3. The zero-order valence-corrected chi connectivity index (χ0v) is 22.7. The highest BCUT2D eigenvalue weighted by molar-refractivity contribution is 9.10. The Labute approximate surface area is 228 Å². The molecular formula is C28H26BrClN4O3. The quantitative estimate of drug-likeness (QED) is 0.213. The minimum Gasteiger partial charge on any atom is -0.321 e. The van der Waals surface area contributed by atoms with Crippen molar-refractivity contribution in [1.29, 1.82) is 0 Å². The topological polar surface area (TPSA) is 92.2 Å². The van der Waals surface area contributed by atoms with Crippen molar-refractivity contribution in [2.75, 3.05) is 16.1 Å². The monoisotopic (exact) mass is 580 g/mol. The fourth-order valence-corrected chi connectivity index (χ4v) is 4.37. The van der Waals surface area contributed by atoms with Gasteiger partial charge in [-0.2, -0.15) is 0 Å². The molecule has 3 amide bonds. The van der Waals surface area contributed by atoms with E-state index in [2.05, 4.69) is 38.9 Å². The lowest BCUT2D eigenvalue weighted by Crippen LogP contribution is -2.36. The van der Waals surface area contributed by atoms with Crippen molar-refractivity contribution >= 4 is 67.5 Å². The van der Waals surface area contributed by atoms with Gasteiger partial charge in [0.1, 0.15) is 5.69 Å². The molecule has 1 heterocycles. The predicted octanol–water partition coefficient (Wildman–Crippen LogP) is 6.67. The molecule has 0 atom stereocenters. The van der Waals surface area contributed by atoms with Gasteiger partial charge in [0, 0.05) is 26.3 Å². The van der Waals surface area contributed by atoms with Crippen LogP contribution in [0.1, 0.15) is 41.4 Å². The molecule has 3 aromatic carbocycles. The molecule has 0 spiro atoms. The number of carbonyl (C=O) groups is 3. The van der Waals surface area contributed by atoms with Gasteiger partial charge in [-0.05, 0) is 79.4 Å². The number of nitrogens with zero attached hydrogens (tertiary/aromatic N) is 1. The molecule has 0 aliphatic rings. The van der Waals surface area contributed by atoms with E-state index >= 15 is 0 Å². The van der Waals surface area contributed by atoms with Crippen LogP contribution in [0.2, 0.25) is 5.02 Å². The number of aryl methyl sites for hydroxylation is 2. The molecule has 4 rings (SSSR count). The van der Waals surface area contributed by atoms with Gasteiger partial charge in [0.05, 0.1) is 5.52 Å². The summed E-state index contributed by atoms with van der Waals surface area (Å²) < 4.78 is 2.11. The van der Waals surface area contributed by atoms with Crippen molar-refractivity contribution in [2.45, 2.75) is 33.1 Å². The Bertz CT molecular complexity index is 1480. The number of halogens is 2. The summed E-state index contributed by atoms with van der Waals surface area (Å²) in [4.78, 5) is 38.7. The van der Waals surface area contributed by atoms with Gasteiger partial charge >= 0.3 is 11.8 Å². The SMILES string of the molecule is CCCCc1ccc(NC(=O)C(=O)Nn2c(C(=O)Nc3ccc(C)c(Cl)c3)cc3cc(Br)ccc32)cc1. The lowest BCUT2D eigenvalue weighted by atomic mass is 10.1. The van der Waals surface area contributed by atoms with Crippen LogP contribution >= 0.6 is 27.5 Å². The highest BCUT2D eigenvalue weighted by Crippen LogP contribution is 2.25. The normalized spacial score (nSPS) is 10.8. The van der Waals surface area contributed by atoms with Crippen molar-refractivity contribution in [2.24, 2.45) is 0 Å². The zero-order valence-electron chi connectivity index (χ0n) is 20.4. The van der Waals surface area contributed by atoms with Crippen LogP contribution < -0.4 is 16.1 Å². The zero-order chi connectivity index (χ0) is 26.5. The fourth-order valence-electron chi connectivity index (χ4n) is 3.82. The minimum atomic E-state index is -0.914. The summed E-state index contributed by atoms with van der Waals surface area (Å²) in [5.41, 5.74) is 6.32. The van der Waals surface area contributed by atoms with Gasteiger partial charge in [-0.3, -0.25) is 19.8 Å². The molecule has 4 aromatic rings. The van der Waals surface area contributed by atoms with Gasteiger partial charge in [0.15, 0.2) is 0 Å². The summed E-state index contributed by atoms with van der Waals surface area (Å²) in [5, 5.41) is 6.62. The van der Waals surface area contributed by atoms with E-state index in [9.17, 15) is 14.4 Å². The number of hydrogen-bond donors (Lipinski definition) is 3. The summed E-state index contributed by atoms with van der Waals surface area (Å²) in [7, 11) is 0. The maximum absolute atomic E-state index is 13.2. The first-order valence-electron chi connectivity index (χ1n) is 11.8. The van der Waals surface area contributed by atoms with Gasteiger partial charge in [0.2, 0.25) is 0 Å². The number of anilines is 2. The minimum absolute atomic E-state index is 0.145. The van der Waals surface area contributed by atoms with Crippen LogP contribution in [-0.4, -0.2) is 22.4 Å². The van der Waals surface area contributed by atoms with Gasteiger partial charge in [-0.1, -0.05) is 59.1 Å². The molecule has 0 fully saturated rings. The molecule has 0 aliphatic carbocycles. The third kappa shape index (κ3) is 6.39. The van der Waals surface area contributed by atoms with Crippen LogP contribution in [0.4, 0.5) is 11.4 Å². The summed E-state index contributed by atoms with van der Waals surface area (Å²) in [6.45, 7) is 4.00. The van der Waals surface area contributed by atoms with Gasteiger partial charge in [-0.15, -0.1) is 0 Å². The van der Waals surface area contributed by atoms with Crippen LogP contribution in [-0.2, 0) is 16.0 Å². The second-order valence-electron chi connectivity index (χ2n) is 8.68. The van der Waals surface area contributed by atoms with Crippen LogP contribution in [0, 0.1) is 6.92 Å². The number of carbonyl (C=O) groups excluding carboxylic acids is 3. The number of hydrogen-bond acceptors (Lipinski definition) is 3. The van der Waals surface area contributed by atoms with E-state index in [1.807, 2.05) is 25.1 Å². The second-order valence-corrected chi connectivity index (χ2v) is 10.0. The molecule has 37 heavy (non-hydrogen) atoms. The Morgan fingerprint density at radius 1 is 0.892 bits per heavy atom. The lowest BCUT2D eigenvalue weighted by Gasteiger charge is -2.13. The molecule has 7 nitrogen and oxygen atoms in total. The third-order valence-corrected chi connectivity index (χ3v) is 6.78. The first-order chi connectivity index (χ1) is 17.7. The van der Waals surface area contributed by atoms with E-state index in [1.165, 1.54) is 10.2 Å². The molecule has 0 radical (unpaired) electrons. The largest absolute Gasteiger partial charge is 0.328 e. The van der Waals surface area contributed by atoms with Crippen molar-refractivity contribution in [3.05, 3.63) is 93.0 Å². The molecule has 3 N–H and O–H groups in total. The van der Waals surface area contributed by atoms with E-state index in [0.29, 0.717) is 27.3 Å². The van der Waals surface area contributed by atoms with Crippen molar-refractivity contribution in [3.63, 3.8) is 0 Å². The second kappa shape index (κ2) is 11.6. The Morgan fingerprint density at radius 3 is 2.32 bits per heavy atom. The van der Waals surface area contributed by atoms with Crippen LogP contribution in [0.25, 0.3) is 10.9 Å². The van der Waals surface area contributed by atoms with Gasteiger partial charge in [0.25, 0.3) is 5.91 Å². The average Bonchev–Trinajstić information content (AvgIpc) is 3.23. The van der Waals surface area contributed by atoms with E-state index in [1.54, 1.807) is 48.5 Å². The highest BCUT2D eigenvalue weighted by atomic mass is 79.9. The molecule has 1 aromatic heterocycles. The molecule has 0 aliphatic heterocycles. The number of nitrogens with one attached hydrogen (secondary N) is 3. The molecule has 190 valence electrons. The summed E-state index contributed by atoms with van der Waals surface area (Å²) in [6.07, 6.45) is 3.15. The summed E-state index contributed by atoms with van der Waals surface area (Å²) >= 11 is 9.62. The van der Waals surface area contributed by atoms with Crippen molar-refractivity contribution in [3.8, 4) is 0 Å². The maximum Gasteiger partial charge on any atom is 0.328 e. The van der Waals surface area contributed by atoms with Crippen LogP contribution in [0.5, 0.6) is 0 Å². The number of rotatable bonds is 7. The smallest absolute Gasteiger partial charge is 0.321 e. The van der Waals surface area contributed by atoms with Crippen molar-refractivity contribution < 1.29 is 14.4 Å². The maximum atomic E-state index is 13.2. The van der Waals surface area contributed by atoms with Crippen LogP contribution in [0.3, 0.4) is 0 Å². The van der Waals surface area contributed by atoms with E-state index < -0.39 is 17.7 Å². The number of aromatic nitrogens is 1.